The number of hydrogen-bond acceptors (Lipinski definition) is 4. The van der Waals surface area contributed by atoms with Gasteiger partial charge in [0.2, 0.25) is 0 Å². The molecular formula is C23H25ClN4O2. The molecule has 30 heavy (non-hydrogen) atoms. The molecular weight excluding hydrogens is 400 g/mol. The fourth-order valence-electron chi connectivity index (χ4n) is 3.79. The number of amides is 1. The van der Waals surface area contributed by atoms with Crippen LogP contribution >= 0.6 is 11.6 Å². The van der Waals surface area contributed by atoms with Crippen LogP contribution < -0.4 is 10.1 Å². The van der Waals surface area contributed by atoms with Crippen LogP contribution in [0.1, 0.15) is 34.9 Å². The first kappa shape index (κ1) is 20.4. The van der Waals surface area contributed by atoms with Gasteiger partial charge in [-0.05, 0) is 68.4 Å². The van der Waals surface area contributed by atoms with Crippen LogP contribution in [0.15, 0.2) is 60.8 Å². The van der Waals surface area contributed by atoms with Crippen LogP contribution in [0.4, 0.5) is 5.69 Å². The Morgan fingerprint density at radius 1 is 1.17 bits per heavy atom. The number of hydrogen-bond donors (Lipinski definition) is 1. The van der Waals surface area contributed by atoms with Gasteiger partial charge >= 0.3 is 0 Å². The van der Waals surface area contributed by atoms with Gasteiger partial charge in [0.25, 0.3) is 5.91 Å². The molecule has 1 unspecified atom stereocenters. The molecule has 0 spiro atoms. The number of carbonyl (C=O) groups excluding carboxylic acids is 1. The monoisotopic (exact) mass is 424 g/mol. The van der Waals surface area contributed by atoms with Crippen molar-refractivity contribution in [3.8, 4) is 5.75 Å². The summed E-state index contributed by atoms with van der Waals surface area (Å²) in [4.78, 5) is 14.9. The van der Waals surface area contributed by atoms with Crippen molar-refractivity contribution < 1.29 is 9.53 Å². The molecule has 1 amide bonds. The van der Waals surface area contributed by atoms with Gasteiger partial charge in [-0.1, -0.05) is 17.7 Å². The molecule has 156 valence electrons. The van der Waals surface area contributed by atoms with Crippen molar-refractivity contribution >= 4 is 23.2 Å². The van der Waals surface area contributed by atoms with E-state index in [1.807, 2.05) is 42.2 Å². The van der Waals surface area contributed by atoms with Gasteiger partial charge < -0.3 is 10.1 Å². The van der Waals surface area contributed by atoms with Crippen molar-refractivity contribution in [2.24, 2.45) is 7.05 Å². The van der Waals surface area contributed by atoms with E-state index in [1.54, 1.807) is 24.3 Å². The molecule has 3 aromatic rings. The van der Waals surface area contributed by atoms with Gasteiger partial charge in [-0.15, -0.1) is 0 Å². The van der Waals surface area contributed by atoms with Crippen molar-refractivity contribution in [3.05, 3.63) is 77.1 Å². The number of halogens is 1. The van der Waals surface area contributed by atoms with Crippen LogP contribution in [-0.4, -0.2) is 40.3 Å². The summed E-state index contributed by atoms with van der Waals surface area (Å²) >= 11 is 5.89. The third kappa shape index (κ3) is 4.83. The fourth-order valence-corrected chi connectivity index (χ4v) is 3.91. The zero-order valence-corrected chi connectivity index (χ0v) is 17.7. The van der Waals surface area contributed by atoms with Crippen LogP contribution in [-0.2, 0) is 7.05 Å². The molecule has 0 bridgehead atoms. The Kier molecular flexibility index (Phi) is 6.35. The molecule has 1 aliphatic heterocycles. The molecule has 7 heteroatoms. The van der Waals surface area contributed by atoms with Gasteiger partial charge in [0.1, 0.15) is 12.4 Å². The fraction of sp³-hybridized carbons (Fsp3) is 0.304. The summed E-state index contributed by atoms with van der Waals surface area (Å²) < 4.78 is 8.06. The summed E-state index contributed by atoms with van der Waals surface area (Å²) in [6.45, 7) is 2.65. The van der Waals surface area contributed by atoms with E-state index >= 15 is 0 Å². The van der Waals surface area contributed by atoms with Crippen molar-refractivity contribution in [3.63, 3.8) is 0 Å². The Balaban J connectivity index is 1.43. The van der Waals surface area contributed by atoms with Crippen molar-refractivity contribution in [2.75, 3.05) is 25.0 Å². The molecule has 1 saturated heterocycles. The lowest BCUT2D eigenvalue weighted by Gasteiger charge is -2.27. The predicted molar refractivity (Wildman–Crippen MR) is 118 cm³/mol. The first-order valence-corrected chi connectivity index (χ1v) is 10.5. The first-order valence-electron chi connectivity index (χ1n) is 10.1. The third-order valence-electron chi connectivity index (χ3n) is 5.39. The number of nitrogens with zero attached hydrogens (tertiary/aromatic N) is 3. The standard InChI is InChI=1S/C23H25ClN4O2/c1-27-21(11-12-25-27)22(28-13-2-3-14-28)16-30-20-6-4-5-19(15-20)26-23(29)17-7-9-18(24)10-8-17/h4-12,15,22H,2-3,13-14,16H2,1H3,(H,26,29). The lowest BCUT2D eigenvalue weighted by Crippen LogP contribution is -2.31. The van der Waals surface area contributed by atoms with Crippen molar-refractivity contribution in [1.29, 1.82) is 0 Å². The Bertz CT molecular complexity index is 996. The quantitative estimate of drug-likeness (QED) is 0.604. The molecule has 1 aliphatic rings. The lowest BCUT2D eigenvalue weighted by molar-refractivity contribution is 0.102. The van der Waals surface area contributed by atoms with Gasteiger partial charge in [-0.3, -0.25) is 14.4 Å². The second-order valence-corrected chi connectivity index (χ2v) is 7.87. The summed E-state index contributed by atoms with van der Waals surface area (Å²) in [5.74, 6) is 0.531. The molecule has 4 rings (SSSR count). The van der Waals surface area contributed by atoms with E-state index < -0.39 is 0 Å². The molecule has 1 atom stereocenters. The highest BCUT2D eigenvalue weighted by Crippen LogP contribution is 2.27. The number of rotatable bonds is 7. The van der Waals surface area contributed by atoms with Crippen LogP contribution in [0, 0.1) is 0 Å². The summed E-state index contributed by atoms with van der Waals surface area (Å²) in [6.07, 6.45) is 4.24. The maximum atomic E-state index is 12.5. The average molecular weight is 425 g/mol. The van der Waals surface area contributed by atoms with Gasteiger partial charge in [0, 0.05) is 35.6 Å². The van der Waals surface area contributed by atoms with E-state index in [4.69, 9.17) is 16.3 Å². The number of ether oxygens (including phenoxy) is 1. The number of aromatic nitrogens is 2. The second-order valence-electron chi connectivity index (χ2n) is 7.44. The molecule has 1 N–H and O–H groups in total. The lowest BCUT2D eigenvalue weighted by atomic mass is 10.2. The maximum Gasteiger partial charge on any atom is 0.255 e. The van der Waals surface area contributed by atoms with E-state index in [0.29, 0.717) is 22.9 Å². The highest BCUT2D eigenvalue weighted by atomic mass is 35.5. The number of benzene rings is 2. The summed E-state index contributed by atoms with van der Waals surface area (Å²) in [6, 6.07) is 16.5. The van der Waals surface area contributed by atoms with Gasteiger partial charge in [-0.2, -0.15) is 5.10 Å². The molecule has 1 fully saturated rings. The minimum Gasteiger partial charge on any atom is -0.491 e. The number of carbonyl (C=O) groups is 1. The zero-order chi connectivity index (χ0) is 20.9. The summed E-state index contributed by atoms with van der Waals surface area (Å²) in [5.41, 5.74) is 2.38. The van der Waals surface area contributed by atoms with Crippen LogP contribution in [0.5, 0.6) is 5.75 Å². The number of likely N-dealkylation sites (tertiary alicyclic amines) is 1. The molecule has 0 aliphatic carbocycles. The minimum atomic E-state index is -0.186. The van der Waals surface area contributed by atoms with E-state index in [1.165, 1.54) is 12.8 Å². The van der Waals surface area contributed by atoms with E-state index in [0.717, 1.165) is 24.5 Å². The summed E-state index contributed by atoms with van der Waals surface area (Å²) in [5, 5.41) is 7.83. The number of aryl methyl sites for hydroxylation is 1. The molecule has 2 aromatic carbocycles. The largest absolute Gasteiger partial charge is 0.491 e. The van der Waals surface area contributed by atoms with Crippen LogP contribution in [0.2, 0.25) is 5.02 Å². The Morgan fingerprint density at radius 2 is 1.93 bits per heavy atom. The predicted octanol–water partition coefficient (Wildman–Crippen LogP) is 4.54. The number of nitrogens with one attached hydrogen (secondary N) is 1. The molecule has 6 nitrogen and oxygen atoms in total. The second kappa shape index (κ2) is 9.32. The molecule has 0 saturated carbocycles. The SMILES string of the molecule is Cn1nccc1C(COc1cccc(NC(=O)c2ccc(Cl)cc2)c1)N1CCCC1. The number of anilines is 1. The van der Waals surface area contributed by atoms with Crippen molar-refractivity contribution in [2.45, 2.75) is 18.9 Å². The highest BCUT2D eigenvalue weighted by molar-refractivity contribution is 6.30. The third-order valence-corrected chi connectivity index (χ3v) is 5.64. The van der Waals surface area contributed by atoms with Gasteiger partial charge in [0.15, 0.2) is 0 Å². The first-order chi connectivity index (χ1) is 14.6. The smallest absolute Gasteiger partial charge is 0.255 e. The molecule has 0 radical (unpaired) electrons. The molecule has 2 heterocycles. The van der Waals surface area contributed by atoms with E-state index in [-0.39, 0.29) is 11.9 Å². The summed E-state index contributed by atoms with van der Waals surface area (Å²) in [7, 11) is 1.96. The van der Waals surface area contributed by atoms with Gasteiger partial charge in [0.05, 0.1) is 11.7 Å². The van der Waals surface area contributed by atoms with E-state index in [9.17, 15) is 4.79 Å². The van der Waals surface area contributed by atoms with E-state index in [2.05, 4.69) is 21.4 Å². The van der Waals surface area contributed by atoms with Crippen molar-refractivity contribution in [1.82, 2.24) is 14.7 Å². The Hall–Kier alpha value is -2.83. The minimum absolute atomic E-state index is 0.146. The maximum absolute atomic E-state index is 12.5. The Labute approximate surface area is 181 Å². The highest BCUT2D eigenvalue weighted by Gasteiger charge is 2.26. The average Bonchev–Trinajstić information content (AvgIpc) is 3.42. The molecule has 1 aromatic heterocycles. The zero-order valence-electron chi connectivity index (χ0n) is 16.9. The Morgan fingerprint density at radius 3 is 2.63 bits per heavy atom. The normalized spacial score (nSPS) is 15.1. The topological polar surface area (TPSA) is 59.4 Å². The van der Waals surface area contributed by atoms with Gasteiger partial charge in [-0.25, -0.2) is 0 Å². The van der Waals surface area contributed by atoms with Crippen LogP contribution in [0.3, 0.4) is 0 Å². The van der Waals surface area contributed by atoms with Crippen LogP contribution in [0.25, 0.3) is 0 Å².